The van der Waals surface area contributed by atoms with E-state index < -0.39 is 5.97 Å². The second kappa shape index (κ2) is 12.0. The molecule has 2 saturated carbocycles. The molecule has 2 aromatic rings. The Morgan fingerprint density at radius 3 is 2.55 bits per heavy atom. The number of unbranched alkanes of at least 4 members (excludes halogenated alkanes) is 2. The van der Waals surface area contributed by atoms with Crippen LogP contribution in [0.25, 0.3) is 0 Å². The molecule has 6 unspecified atom stereocenters. The molecule has 12 heteroatoms. The number of thioether (sulfide) groups is 1. The van der Waals surface area contributed by atoms with Crippen LogP contribution in [0.4, 0.5) is 0 Å². The molecule has 2 bridgehead atoms. The fourth-order valence-corrected chi connectivity index (χ4v) is 11.5. The lowest BCUT2D eigenvalue weighted by atomic mass is 9.68. The third kappa shape index (κ3) is 5.17. The lowest BCUT2D eigenvalue weighted by Crippen LogP contribution is -2.42. The van der Waals surface area contributed by atoms with Gasteiger partial charge in [-0.05, 0) is 74.0 Å². The van der Waals surface area contributed by atoms with Gasteiger partial charge in [0.15, 0.2) is 6.61 Å². The molecule has 4 heterocycles. The maximum Gasteiger partial charge on any atom is 0.305 e. The van der Waals surface area contributed by atoms with E-state index in [0.29, 0.717) is 31.6 Å². The molecule has 2 saturated heterocycles. The van der Waals surface area contributed by atoms with Crippen molar-refractivity contribution in [1.29, 1.82) is 0 Å². The van der Waals surface area contributed by atoms with E-state index in [4.69, 9.17) is 9.84 Å². The second-order valence-corrected chi connectivity index (χ2v) is 15.0. The topological polar surface area (TPSA) is 137 Å². The summed E-state index contributed by atoms with van der Waals surface area (Å²) in [4.78, 5) is 70.8. The molecule has 7 rings (SSSR count). The Balaban J connectivity index is 1.12. The largest absolute Gasteiger partial charge is 0.484 e. The van der Waals surface area contributed by atoms with Gasteiger partial charge in [0.1, 0.15) is 5.75 Å². The van der Waals surface area contributed by atoms with Crippen molar-refractivity contribution in [2.75, 3.05) is 26.2 Å². The van der Waals surface area contributed by atoms with Crippen molar-refractivity contribution < 1.29 is 29.0 Å². The van der Waals surface area contributed by atoms with Gasteiger partial charge in [0.2, 0.25) is 11.8 Å². The molecule has 2 N–H and O–H groups in total. The average Bonchev–Trinajstić information content (AvgIpc) is 3.75. The number of piperidine rings is 1. The highest BCUT2D eigenvalue weighted by Crippen LogP contribution is 2.68. The van der Waals surface area contributed by atoms with E-state index in [1.807, 2.05) is 29.2 Å². The number of aromatic amines is 1. The Kier molecular flexibility index (Phi) is 8.07. The van der Waals surface area contributed by atoms with Crippen molar-refractivity contribution in [2.45, 2.75) is 67.6 Å². The summed E-state index contributed by atoms with van der Waals surface area (Å²) in [6.07, 6.45) is 5.89. The number of thiazole rings is 1. The minimum Gasteiger partial charge on any atom is -0.484 e. The Bertz CT molecular complexity index is 1530. The summed E-state index contributed by atoms with van der Waals surface area (Å²) in [6, 6.07) is 7.80. The quantitative estimate of drug-likeness (QED) is 0.295. The summed E-state index contributed by atoms with van der Waals surface area (Å²) >= 11 is 2.88. The van der Waals surface area contributed by atoms with Gasteiger partial charge in [-0.25, -0.2) is 0 Å². The van der Waals surface area contributed by atoms with E-state index >= 15 is 0 Å². The van der Waals surface area contributed by atoms with Crippen LogP contribution in [-0.4, -0.2) is 75.1 Å². The van der Waals surface area contributed by atoms with Crippen LogP contribution < -0.4 is 9.61 Å². The van der Waals surface area contributed by atoms with Gasteiger partial charge in [-0.1, -0.05) is 29.9 Å². The van der Waals surface area contributed by atoms with E-state index in [2.05, 4.69) is 4.98 Å². The summed E-state index contributed by atoms with van der Waals surface area (Å²) in [5.74, 6) is -1.05. The number of carboxylic acid groups (broad SMARTS) is 1. The molecule has 10 nitrogen and oxygen atoms in total. The zero-order valence-electron chi connectivity index (χ0n) is 24.4. The lowest BCUT2D eigenvalue weighted by molar-refractivity contribution is -0.141. The van der Waals surface area contributed by atoms with Gasteiger partial charge in [0, 0.05) is 42.1 Å². The van der Waals surface area contributed by atoms with Crippen LogP contribution in [0.2, 0.25) is 0 Å². The number of fused-ring (bicyclic) bond motifs is 9. The number of aromatic nitrogens is 1. The molecule has 234 valence electrons. The van der Waals surface area contributed by atoms with Crippen molar-refractivity contribution in [3.8, 4) is 5.75 Å². The van der Waals surface area contributed by atoms with Crippen molar-refractivity contribution in [2.24, 2.45) is 29.6 Å². The summed E-state index contributed by atoms with van der Waals surface area (Å²) in [7, 11) is 0. The number of benzene rings is 1. The summed E-state index contributed by atoms with van der Waals surface area (Å²) in [5.41, 5.74) is 0.996. The summed E-state index contributed by atoms with van der Waals surface area (Å²) in [5, 5.41) is 9.86. The van der Waals surface area contributed by atoms with Gasteiger partial charge in [-0.2, -0.15) is 0 Å². The van der Waals surface area contributed by atoms with Crippen molar-refractivity contribution in [3.63, 3.8) is 0 Å². The van der Waals surface area contributed by atoms with Crippen molar-refractivity contribution >= 4 is 46.8 Å². The number of H-pyrrole nitrogens is 1. The SMILES string of the molecule is O=C(O)CCCCCN1C(=O)C2C3CC(C2C1=O)C1C3Sc2[nH]c(=O)sc2[C@@H]1c1cccc(OCC(=O)N2CCCCC2)c1. The number of amides is 3. The first-order chi connectivity index (χ1) is 21.3. The number of rotatable bonds is 10. The summed E-state index contributed by atoms with van der Waals surface area (Å²) in [6.45, 7) is 1.87. The second-order valence-electron chi connectivity index (χ2n) is 12.8. The number of nitrogens with one attached hydrogen (secondary N) is 1. The number of carboxylic acids is 1. The van der Waals surface area contributed by atoms with Gasteiger partial charge >= 0.3 is 10.8 Å². The number of carbonyl (C=O) groups is 4. The Morgan fingerprint density at radius 2 is 1.77 bits per heavy atom. The van der Waals surface area contributed by atoms with E-state index in [9.17, 15) is 24.0 Å². The zero-order chi connectivity index (χ0) is 30.5. The van der Waals surface area contributed by atoms with Crippen molar-refractivity contribution in [3.05, 3.63) is 44.4 Å². The standard InChI is InChI=1S/C32H37N3O7S2/c36-21(34-11-4-2-5-12-34)16-42-18-9-7-8-17(14-18)23-24-19-15-20(27(24)43-29-28(23)44-32(41)33-29)26-25(19)30(39)35(31(26)40)13-6-1-3-10-22(37)38/h7-9,14,19-20,23-27H,1-6,10-13,15-16H2,(H,33,41)(H,37,38)/t19?,20?,23-,24?,25?,26?,27?/m1/s1. The minimum absolute atomic E-state index is 0.00892. The number of imide groups is 1. The molecular formula is C32H37N3O7S2. The van der Waals surface area contributed by atoms with Crippen LogP contribution in [0.5, 0.6) is 5.75 Å². The third-order valence-electron chi connectivity index (χ3n) is 10.4. The highest BCUT2D eigenvalue weighted by atomic mass is 32.2. The van der Waals surface area contributed by atoms with E-state index in [1.165, 1.54) is 16.2 Å². The van der Waals surface area contributed by atoms with E-state index in [0.717, 1.165) is 54.2 Å². The molecule has 1 aromatic heterocycles. The monoisotopic (exact) mass is 639 g/mol. The Hall–Kier alpha value is -3.12. The van der Waals surface area contributed by atoms with Crippen LogP contribution >= 0.6 is 23.1 Å². The van der Waals surface area contributed by atoms with Crippen LogP contribution in [0.15, 0.2) is 34.1 Å². The number of hydrogen-bond acceptors (Lipinski definition) is 8. The van der Waals surface area contributed by atoms with E-state index in [-0.39, 0.29) is 76.4 Å². The number of ether oxygens (including phenoxy) is 1. The van der Waals surface area contributed by atoms with Gasteiger partial charge in [0.05, 0.1) is 16.9 Å². The number of likely N-dealkylation sites (tertiary alicyclic amines) is 2. The molecule has 7 atom stereocenters. The molecule has 1 aromatic carbocycles. The number of hydrogen-bond donors (Lipinski definition) is 2. The first kappa shape index (κ1) is 29.6. The van der Waals surface area contributed by atoms with Gasteiger partial charge in [-0.15, -0.1) is 11.8 Å². The lowest BCUT2D eigenvalue weighted by Gasteiger charge is -2.43. The normalized spacial score (nSPS) is 30.3. The molecular weight excluding hydrogens is 602 g/mol. The van der Waals surface area contributed by atoms with Gasteiger partial charge in [-0.3, -0.25) is 28.9 Å². The molecule has 3 aliphatic heterocycles. The average molecular weight is 640 g/mol. The molecule has 0 spiro atoms. The zero-order valence-corrected chi connectivity index (χ0v) is 26.1. The highest BCUT2D eigenvalue weighted by Gasteiger charge is 2.69. The van der Waals surface area contributed by atoms with E-state index in [1.54, 1.807) is 11.8 Å². The predicted molar refractivity (Wildman–Crippen MR) is 164 cm³/mol. The third-order valence-corrected chi connectivity index (χ3v) is 13.0. The van der Waals surface area contributed by atoms with Crippen LogP contribution in [0.1, 0.15) is 67.7 Å². The molecule has 2 aliphatic carbocycles. The molecule has 5 aliphatic rings. The Labute approximate surface area is 263 Å². The van der Waals surface area contributed by atoms with Crippen LogP contribution in [-0.2, 0) is 19.2 Å². The number of carbonyl (C=O) groups excluding carboxylic acids is 3. The number of aliphatic carboxylic acids is 1. The first-order valence-corrected chi connectivity index (χ1v) is 17.5. The maximum atomic E-state index is 13.8. The Morgan fingerprint density at radius 1 is 1.00 bits per heavy atom. The maximum absolute atomic E-state index is 13.8. The molecule has 0 radical (unpaired) electrons. The fraction of sp³-hybridized carbons (Fsp3) is 0.594. The highest BCUT2D eigenvalue weighted by molar-refractivity contribution is 8.00. The van der Waals surface area contributed by atoms with Crippen molar-refractivity contribution in [1.82, 2.24) is 14.8 Å². The fourth-order valence-electron chi connectivity index (χ4n) is 8.57. The molecule has 44 heavy (non-hydrogen) atoms. The minimum atomic E-state index is -0.836. The van der Waals surface area contributed by atoms with Gasteiger partial charge < -0.3 is 19.7 Å². The molecule has 4 fully saturated rings. The molecule has 3 amide bonds. The predicted octanol–water partition coefficient (Wildman–Crippen LogP) is 3.95. The van der Waals surface area contributed by atoms with Gasteiger partial charge in [0.25, 0.3) is 5.91 Å². The number of nitrogens with zero attached hydrogens (tertiary/aromatic N) is 2. The smallest absolute Gasteiger partial charge is 0.305 e. The van der Waals surface area contributed by atoms with Crippen LogP contribution in [0.3, 0.4) is 0 Å². The first-order valence-electron chi connectivity index (χ1n) is 15.8. The summed E-state index contributed by atoms with van der Waals surface area (Å²) < 4.78 is 6.00. The van der Waals surface area contributed by atoms with Crippen LogP contribution in [0, 0.1) is 29.6 Å².